The number of fused-ring (bicyclic) bond motifs is 1. The summed E-state index contributed by atoms with van der Waals surface area (Å²) in [6, 6.07) is 8.64. The van der Waals surface area contributed by atoms with Gasteiger partial charge in [0.2, 0.25) is 0 Å². The highest BCUT2D eigenvalue weighted by Crippen LogP contribution is 2.39. The lowest BCUT2D eigenvalue weighted by Gasteiger charge is -2.41. The summed E-state index contributed by atoms with van der Waals surface area (Å²) in [5, 5.41) is 5.91. The smallest absolute Gasteiger partial charge is 0.172 e. The van der Waals surface area contributed by atoms with Crippen molar-refractivity contribution in [2.24, 2.45) is 5.92 Å². The maximum absolute atomic E-state index is 5.85. The maximum Gasteiger partial charge on any atom is 0.172 e. The monoisotopic (exact) mass is 517 g/mol. The molecule has 4 heterocycles. The summed E-state index contributed by atoms with van der Waals surface area (Å²) in [6.45, 7) is 8.09. The Morgan fingerprint density at radius 1 is 1.11 bits per heavy atom. The molecule has 8 heteroatoms. The van der Waals surface area contributed by atoms with Crippen LogP contribution in [0.15, 0.2) is 42.7 Å². The van der Waals surface area contributed by atoms with Crippen LogP contribution in [0.4, 0.5) is 17.3 Å². The molecule has 0 radical (unpaired) electrons. The van der Waals surface area contributed by atoms with Crippen molar-refractivity contribution < 1.29 is 9.47 Å². The topological polar surface area (TPSA) is 72.4 Å². The molecule has 2 saturated heterocycles. The molecule has 0 atom stereocenters. The zero-order valence-electron chi connectivity index (χ0n) is 21.9. The fraction of sp³-hybridized carbons (Fsp3) is 0.483. The zero-order valence-corrected chi connectivity index (χ0v) is 22.7. The second-order valence-electron chi connectivity index (χ2n) is 10.6. The van der Waals surface area contributed by atoms with E-state index in [4.69, 9.17) is 19.4 Å². The first-order valence-electron chi connectivity index (χ1n) is 13.3. The van der Waals surface area contributed by atoms with Gasteiger partial charge in [-0.3, -0.25) is 0 Å². The molecule has 2 fully saturated rings. The summed E-state index contributed by atoms with van der Waals surface area (Å²) >= 11 is 1.94. The van der Waals surface area contributed by atoms with E-state index < -0.39 is 5.79 Å². The molecule has 0 unspecified atom stereocenters. The van der Waals surface area contributed by atoms with E-state index in [1.54, 1.807) is 0 Å². The van der Waals surface area contributed by atoms with Crippen LogP contribution in [0.1, 0.15) is 50.4 Å². The summed E-state index contributed by atoms with van der Waals surface area (Å²) in [5.74, 6) is 4.28. The fourth-order valence-corrected chi connectivity index (χ4v) is 6.37. The standard InChI is InChI=1S/C29H35N5O2S/c1-19(2)22-4-5-25(34-16-20(17-34)18-37-3)24-15-31-27(14-23(22)24)32-26-8-11-30-28(33-26)21-6-9-29(10-7-21)35-12-13-36-29/h4-6,8,11,14-15,19-20H,7,9-10,12-13,16-18H2,1-3H3,(H,30,31,32,33). The number of pyridine rings is 1. The van der Waals surface area contributed by atoms with Gasteiger partial charge in [0.15, 0.2) is 11.6 Å². The second kappa shape index (κ2) is 10.2. The summed E-state index contributed by atoms with van der Waals surface area (Å²) in [4.78, 5) is 16.6. The molecule has 1 aliphatic carbocycles. The number of anilines is 3. The number of benzene rings is 1. The Kier molecular flexibility index (Phi) is 6.82. The van der Waals surface area contributed by atoms with Crippen molar-refractivity contribution in [2.75, 3.05) is 48.5 Å². The molecular formula is C29H35N5O2S. The first-order chi connectivity index (χ1) is 18.0. The predicted octanol–water partition coefficient (Wildman–Crippen LogP) is 6.00. The number of nitrogens with zero attached hydrogens (tertiary/aromatic N) is 4. The summed E-state index contributed by atoms with van der Waals surface area (Å²) in [6.07, 6.45) is 10.6. The van der Waals surface area contributed by atoms with Crippen LogP contribution < -0.4 is 10.2 Å². The lowest BCUT2D eigenvalue weighted by Crippen LogP contribution is -2.48. The van der Waals surface area contributed by atoms with Crippen LogP contribution in [-0.4, -0.2) is 59.1 Å². The quantitative estimate of drug-likeness (QED) is 0.409. The Labute approximate surface area is 223 Å². The van der Waals surface area contributed by atoms with Gasteiger partial charge in [-0.15, -0.1) is 0 Å². The Bertz CT molecular complexity index is 1310. The summed E-state index contributed by atoms with van der Waals surface area (Å²) in [5.41, 5.74) is 3.77. The molecule has 194 valence electrons. The number of rotatable bonds is 7. The normalized spacial score (nSPS) is 19.5. The van der Waals surface area contributed by atoms with Crippen molar-refractivity contribution in [3.8, 4) is 0 Å². The molecule has 2 aromatic heterocycles. The number of thioether (sulfide) groups is 1. The number of allylic oxidation sites excluding steroid dienone is 1. The minimum atomic E-state index is -0.437. The minimum Gasteiger partial charge on any atom is -0.370 e. The van der Waals surface area contributed by atoms with Gasteiger partial charge in [-0.1, -0.05) is 26.0 Å². The molecule has 3 aliphatic rings. The van der Waals surface area contributed by atoms with Crippen molar-refractivity contribution in [3.05, 3.63) is 54.1 Å². The van der Waals surface area contributed by atoms with Crippen LogP contribution >= 0.6 is 11.8 Å². The second-order valence-corrected chi connectivity index (χ2v) is 11.5. The van der Waals surface area contributed by atoms with Crippen LogP contribution in [-0.2, 0) is 9.47 Å². The maximum atomic E-state index is 5.85. The van der Waals surface area contributed by atoms with Gasteiger partial charge in [0, 0.05) is 55.3 Å². The van der Waals surface area contributed by atoms with Gasteiger partial charge in [0.25, 0.3) is 0 Å². The Morgan fingerprint density at radius 2 is 1.95 bits per heavy atom. The molecule has 3 aromatic rings. The zero-order chi connectivity index (χ0) is 25.4. The van der Waals surface area contributed by atoms with Gasteiger partial charge >= 0.3 is 0 Å². The van der Waals surface area contributed by atoms with E-state index in [1.165, 1.54) is 27.8 Å². The number of nitrogens with one attached hydrogen (secondary N) is 1. The predicted molar refractivity (Wildman–Crippen MR) is 152 cm³/mol. The molecule has 37 heavy (non-hydrogen) atoms. The number of aromatic nitrogens is 3. The molecular weight excluding hydrogens is 482 g/mol. The molecule has 1 spiro atoms. The van der Waals surface area contributed by atoms with E-state index >= 15 is 0 Å². The van der Waals surface area contributed by atoms with E-state index in [1.807, 2.05) is 30.2 Å². The van der Waals surface area contributed by atoms with Gasteiger partial charge in [0.05, 0.1) is 13.2 Å². The van der Waals surface area contributed by atoms with Crippen LogP contribution in [0.2, 0.25) is 0 Å². The van der Waals surface area contributed by atoms with Gasteiger partial charge in [-0.25, -0.2) is 15.0 Å². The number of hydrogen-bond acceptors (Lipinski definition) is 8. The van der Waals surface area contributed by atoms with E-state index in [0.717, 1.165) is 61.3 Å². The van der Waals surface area contributed by atoms with E-state index in [0.29, 0.717) is 19.1 Å². The first-order valence-corrected chi connectivity index (χ1v) is 14.7. The van der Waals surface area contributed by atoms with E-state index in [2.05, 4.69) is 59.6 Å². The van der Waals surface area contributed by atoms with Crippen LogP contribution in [0.25, 0.3) is 16.3 Å². The van der Waals surface area contributed by atoms with Gasteiger partial charge in [-0.2, -0.15) is 11.8 Å². The molecule has 0 saturated carbocycles. The van der Waals surface area contributed by atoms with E-state index in [9.17, 15) is 0 Å². The Balaban J connectivity index is 1.24. The van der Waals surface area contributed by atoms with Gasteiger partial charge < -0.3 is 19.7 Å². The van der Waals surface area contributed by atoms with Crippen molar-refractivity contribution in [2.45, 2.75) is 44.8 Å². The largest absolute Gasteiger partial charge is 0.370 e. The van der Waals surface area contributed by atoms with Crippen LogP contribution in [0.3, 0.4) is 0 Å². The molecule has 1 aromatic carbocycles. The third-order valence-electron chi connectivity index (χ3n) is 7.68. The van der Waals surface area contributed by atoms with Crippen molar-refractivity contribution in [1.82, 2.24) is 15.0 Å². The van der Waals surface area contributed by atoms with E-state index in [-0.39, 0.29) is 0 Å². The SMILES string of the molecule is CSCC1CN(c2ccc(C(C)C)c3cc(Nc4ccnc(C5=CCC6(CC5)OCCO6)n4)ncc23)C1. The molecule has 1 N–H and O–H groups in total. The number of hydrogen-bond donors (Lipinski definition) is 1. The van der Waals surface area contributed by atoms with Crippen molar-refractivity contribution in [3.63, 3.8) is 0 Å². The van der Waals surface area contributed by atoms with Crippen LogP contribution in [0.5, 0.6) is 0 Å². The van der Waals surface area contributed by atoms with Gasteiger partial charge in [-0.05, 0) is 59.1 Å². The summed E-state index contributed by atoms with van der Waals surface area (Å²) < 4.78 is 11.7. The lowest BCUT2D eigenvalue weighted by molar-refractivity contribution is -0.159. The third-order valence-corrected chi connectivity index (χ3v) is 8.49. The van der Waals surface area contributed by atoms with Crippen molar-refractivity contribution in [1.29, 1.82) is 0 Å². The molecule has 6 rings (SSSR count). The molecule has 2 aliphatic heterocycles. The highest BCUT2D eigenvalue weighted by atomic mass is 32.2. The Morgan fingerprint density at radius 3 is 2.68 bits per heavy atom. The van der Waals surface area contributed by atoms with Gasteiger partial charge in [0.1, 0.15) is 11.6 Å². The average Bonchev–Trinajstić information content (AvgIpc) is 3.33. The minimum absolute atomic E-state index is 0.424. The molecule has 0 amide bonds. The average molecular weight is 518 g/mol. The Hall–Kier alpha value is -2.68. The third kappa shape index (κ3) is 4.94. The summed E-state index contributed by atoms with van der Waals surface area (Å²) in [7, 11) is 0. The first kappa shape index (κ1) is 24.6. The van der Waals surface area contributed by atoms with Crippen molar-refractivity contribution >= 4 is 45.4 Å². The van der Waals surface area contributed by atoms with Crippen LogP contribution in [0, 0.1) is 5.92 Å². The molecule has 0 bridgehead atoms. The molecule has 7 nitrogen and oxygen atoms in total. The highest BCUT2D eigenvalue weighted by Gasteiger charge is 2.38. The fourth-order valence-electron chi connectivity index (χ4n) is 5.69. The number of ether oxygens (including phenoxy) is 2. The highest BCUT2D eigenvalue weighted by molar-refractivity contribution is 7.98. The lowest BCUT2D eigenvalue weighted by atomic mass is 9.93.